The molecule has 174 valence electrons. The molecule has 0 unspecified atom stereocenters. The van der Waals surface area contributed by atoms with E-state index in [-0.39, 0.29) is 5.91 Å². The van der Waals surface area contributed by atoms with Gasteiger partial charge in [0.1, 0.15) is 0 Å². The van der Waals surface area contributed by atoms with Gasteiger partial charge in [-0.3, -0.25) is 14.8 Å². The van der Waals surface area contributed by atoms with Crippen LogP contribution in [0.5, 0.6) is 0 Å². The summed E-state index contributed by atoms with van der Waals surface area (Å²) in [5.74, 6) is -0.220. The minimum Gasteiger partial charge on any atom is -0.355 e. The van der Waals surface area contributed by atoms with E-state index in [9.17, 15) is 10.1 Å². The van der Waals surface area contributed by atoms with Crippen molar-refractivity contribution in [2.24, 2.45) is 0 Å². The van der Waals surface area contributed by atoms with Crippen molar-refractivity contribution in [3.63, 3.8) is 0 Å². The van der Waals surface area contributed by atoms with Gasteiger partial charge < -0.3 is 16.0 Å². The first-order valence-electron chi connectivity index (χ1n) is 11.3. The number of fused-ring (bicyclic) bond motifs is 1. The number of hydrogen-bond donors (Lipinski definition) is 3. The zero-order chi connectivity index (χ0) is 24.9. The number of hydrogen-bond acceptors (Lipinski definition) is 6. The van der Waals surface area contributed by atoms with Crippen molar-refractivity contribution in [3.8, 4) is 6.07 Å². The van der Waals surface area contributed by atoms with Crippen LogP contribution in [0.3, 0.4) is 0 Å². The number of rotatable bonds is 6. The fourth-order valence-corrected chi connectivity index (χ4v) is 3.89. The maximum absolute atomic E-state index is 13.0. The highest BCUT2D eigenvalue weighted by atomic mass is 16.1. The van der Waals surface area contributed by atoms with Gasteiger partial charge in [0.15, 0.2) is 0 Å². The monoisotopic (exact) mass is 470 g/mol. The molecule has 0 fully saturated rings. The lowest BCUT2D eigenvalue weighted by Gasteiger charge is -2.12. The molecular weight excluding hydrogens is 448 g/mol. The van der Waals surface area contributed by atoms with Crippen LogP contribution in [0.25, 0.3) is 10.9 Å². The van der Waals surface area contributed by atoms with Gasteiger partial charge >= 0.3 is 0 Å². The van der Waals surface area contributed by atoms with E-state index < -0.39 is 0 Å². The minimum atomic E-state index is -0.220. The number of anilines is 5. The van der Waals surface area contributed by atoms with Crippen LogP contribution in [0.4, 0.5) is 28.4 Å². The summed E-state index contributed by atoms with van der Waals surface area (Å²) < 4.78 is 0. The van der Waals surface area contributed by atoms with Crippen LogP contribution < -0.4 is 16.0 Å². The molecule has 2 heterocycles. The zero-order valence-electron chi connectivity index (χ0n) is 19.5. The number of pyridine rings is 2. The van der Waals surface area contributed by atoms with Crippen molar-refractivity contribution >= 4 is 45.2 Å². The van der Waals surface area contributed by atoms with Gasteiger partial charge in [-0.2, -0.15) is 5.26 Å². The lowest BCUT2D eigenvalue weighted by Crippen LogP contribution is -2.12. The average Bonchev–Trinajstić information content (AvgIpc) is 2.89. The first-order valence-corrected chi connectivity index (χ1v) is 11.3. The topological polar surface area (TPSA) is 103 Å². The molecule has 5 rings (SSSR count). The lowest BCUT2D eigenvalue weighted by molar-refractivity contribution is 0.102. The zero-order valence-corrected chi connectivity index (χ0v) is 19.5. The predicted molar refractivity (Wildman–Crippen MR) is 143 cm³/mol. The molecule has 2 aromatic heterocycles. The predicted octanol–water partition coefficient (Wildman–Crippen LogP) is 6.55. The molecule has 36 heavy (non-hydrogen) atoms. The molecule has 0 aliphatic rings. The summed E-state index contributed by atoms with van der Waals surface area (Å²) in [5.41, 5.74) is 6.79. The highest BCUT2D eigenvalue weighted by Crippen LogP contribution is 2.27. The standard InChI is InChI=1S/C29H22N6O/c1-19-14-25(10-12-31-19)33-23-6-3-7-24(17-23)35-29(36)21-4-2-5-22(16-21)34-28-11-13-32-27-9-8-20(18-30)15-26(27)28/h2-17H,1H3,(H,31,33)(H,32,34)(H,35,36). The van der Waals surface area contributed by atoms with Crippen molar-refractivity contribution in [2.75, 3.05) is 16.0 Å². The van der Waals surface area contributed by atoms with Crippen LogP contribution in [0, 0.1) is 18.3 Å². The molecule has 5 aromatic rings. The van der Waals surface area contributed by atoms with E-state index in [1.807, 2.05) is 67.6 Å². The minimum absolute atomic E-state index is 0.220. The van der Waals surface area contributed by atoms with Gasteiger partial charge in [0.05, 0.1) is 17.1 Å². The Morgan fingerprint density at radius 3 is 2.36 bits per heavy atom. The molecule has 1 amide bonds. The highest BCUT2D eigenvalue weighted by Gasteiger charge is 2.09. The van der Waals surface area contributed by atoms with E-state index in [0.717, 1.165) is 39.3 Å². The van der Waals surface area contributed by atoms with E-state index in [2.05, 4.69) is 32.0 Å². The van der Waals surface area contributed by atoms with Crippen LogP contribution in [0.2, 0.25) is 0 Å². The third-order valence-corrected chi connectivity index (χ3v) is 5.58. The highest BCUT2D eigenvalue weighted by molar-refractivity contribution is 6.05. The molecule has 0 spiro atoms. The molecule has 0 bridgehead atoms. The van der Waals surface area contributed by atoms with Gasteiger partial charge in [0, 0.05) is 57.5 Å². The summed E-state index contributed by atoms with van der Waals surface area (Å²) in [6.45, 7) is 1.94. The van der Waals surface area contributed by atoms with Gasteiger partial charge in [-0.05, 0) is 79.7 Å². The third-order valence-electron chi connectivity index (χ3n) is 5.58. The summed E-state index contributed by atoms with van der Waals surface area (Å²) in [4.78, 5) is 21.6. The second kappa shape index (κ2) is 9.95. The van der Waals surface area contributed by atoms with Gasteiger partial charge in [0.2, 0.25) is 0 Å². The third kappa shape index (κ3) is 5.13. The Morgan fingerprint density at radius 2 is 1.53 bits per heavy atom. The number of carbonyl (C=O) groups is 1. The first kappa shape index (κ1) is 22.6. The molecule has 0 saturated carbocycles. The second-order valence-electron chi connectivity index (χ2n) is 8.25. The molecule has 3 aromatic carbocycles. The quantitative estimate of drug-likeness (QED) is 0.260. The Hall–Kier alpha value is -5.22. The van der Waals surface area contributed by atoms with E-state index >= 15 is 0 Å². The number of nitrogens with zero attached hydrogens (tertiary/aromatic N) is 3. The number of nitriles is 1. The summed E-state index contributed by atoms with van der Waals surface area (Å²) in [7, 11) is 0. The molecule has 0 atom stereocenters. The number of amides is 1. The Kier molecular flexibility index (Phi) is 6.24. The lowest BCUT2D eigenvalue weighted by atomic mass is 10.1. The maximum Gasteiger partial charge on any atom is 0.255 e. The molecule has 0 aliphatic heterocycles. The van der Waals surface area contributed by atoms with Gasteiger partial charge in [-0.1, -0.05) is 12.1 Å². The first-order chi connectivity index (χ1) is 17.6. The average molecular weight is 471 g/mol. The summed E-state index contributed by atoms with van der Waals surface area (Å²) in [6.07, 6.45) is 3.46. The Morgan fingerprint density at radius 1 is 0.778 bits per heavy atom. The fourth-order valence-electron chi connectivity index (χ4n) is 3.89. The summed E-state index contributed by atoms with van der Waals surface area (Å²) >= 11 is 0. The Bertz CT molecular complexity index is 1620. The smallest absolute Gasteiger partial charge is 0.255 e. The van der Waals surface area contributed by atoms with Crippen LogP contribution in [0.15, 0.2) is 97.3 Å². The van der Waals surface area contributed by atoms with Crippen LogP contribution in [-0.2, 0) is 0 Å². The van der Waals surface area contributed by atoms with Crippen LogP contribution in [0.1, 0.15) is 21.6 Å². The molecule has 0 saturated heterocycles. The summed E-state index contributed by atoms with van der Waals surface area (Å²) in [5, 5.41) is 19.7. The van der Waals surface area contributed by atoms with Crippen LogP contribution >= 0.6 is 0 Å². The Balaban J connectivity index is 1.33. The van der Waals surface area contributed by atoms with Crippen molar-refractivity contribution in [1.82, 2.24) is 9.97 Å². The number of carbonyl (C=O) groups excluding carboxylic acids is 1. The molecule has 7 heteroatoms. The van der Waals surface area contributed by atoms with Crippen molar-refractivity contribution < 1.29 is 4.79 Å². The maximum atomic E-state index is 13.0. The van der Waals surface area contributed by atoms with Gasteiger partial charge in [-0.25, -0.2) is 0 Å². The Labute approximate surface area is 208 Å². The van der Waals surface area contributed by atoms with Crippen molar-refractivity contribution in [2.45, 2.75) is 6.92 Å². The molecule has 7 nitrogen and oxygen atoms in total. The second-order valence-corrected chi connectivity index (χ2v) is 8.25. The normalized spacial score (nSPS) is 10.4. The fraction of sp³-hybridized carbons (Fsp3) is 0.0345. The van der Waals surface area contributed by atoms with E-state index in [1.54, 1.807) is 36.7 Å². The molecule has 0 radical (unpaired) electrons. The SMILES string of the molecule is Cc1cc(Nc2cccc(NC(=O)c3cccc(Nc4ccnc5ccc(C#N)cc45)c3)c2)ccn1. The number of aryl methyl sites for hydroxylation is 1. The van der Waals surface area contributed by atoms with E-state index in [4.69, 9.17) is 0 Å². The van der Waals surface area contributed by atoms with E-state index in [0.29, 0.717) is 16.8 Å². The van der Waals surface area contributed by atoms with Crippen molar-refractivity contribution in [1.29, 1.82) is 5.26 Å². The molecule has 3 N–H and O–H groups in total. The molecular formula is C29H22N6O. The van der Waals surface area contributed by atoms with E-state index in [1.165, 1.54) is 0 Å². The largest absolute Gasteiger partial charge is 0.355 e. The number of nitrogens with one attached hydrogen (secondary N) is 3. The molecule has 0 aliphatic carbocycles. The number of aromatic nitrogens is 2. The van der Waals surface area contributed by atoms with Gasteiger partial charge in [-0.15, -0.1) is 0 Å². The summed E-state index contributed by atoms with van der Waals surface area (Å²) in [6, 6.07) is 28.0. The van der Waals surface area contributed by atoms with Crippen LogP contribution in [-0.4, -0.2) is 15.9 Å². The van der Waals surface area contributed by atoms with Crippen molar-refractivity contribution in [3.05, 3.63) is 114 Å². The van der Waals surface area contributed by atoms with Gasteiger partial charge in [0.25, 0.3) is 5.91 Å². The number of benzene rings is 3.